The molecule has 0 bridgehead atoms. The van der Waals surface area contributed by atoms with Gasteiger partial charge in [-0.05, 0) is 31.4 Å². The van der Waals surface area contributed by atoms with Gasteiger partial charge in [-0.15, -0.1) is 0 Å². The predicted octanol–water partition coefficient (Wildman–Crippen LogP) is 2.18. The van der Waals surface area contributed by atoms with Crippen molar-refractivity contribution < 1.29 is 4.74 Å². The van der Waals surface area contributed by atoms with E-state index in [2.05, 4.69) is 18.0 Å². The highest BCUT2D eigenvalue weighted by molar-refractivity contribution is 5.16. The summed E-state index contributed by atoms with van der Waals surface area (Å²) in [7, 11) is 0. The van der Waals surface area contributed by atoms with E-state index in [1.807, 2.05) is 6.07 Å². The third kappa shape index (κ3) is 2.80. The number of nitrogens with two attached hydrogens (primary N) is 1. The minimum Gasteiger partial charge on any atom is -0.373 e. The van der Waals surface area contributed by atoms with Crippen LogP contribution in [0.3, 0.4) is 0 Å². The average molecular weight is 220 g/mol. The summed E-state index contributed by atoms with van der Waals surface area (Å²) >= 11 is 0. The van der Waals surface area contributed by atoms with Gasteiger partial charge in [0.1, 0.15) is 0 Å². The number of aryl methyl sites for hydroxylation is 1. The van der Waals surface area contributed by atoms with Crippen molar-refractivity contribution >= 4 is 0 Å². The van der Waals surface area contributed by atoms with Gasteiger partial charge in [0.2, 0.25) is 0 Å². The number of rotatable bonds is 4. The Hall–Kier alpha value is -0.930. The van der Waals surface area contributed by atoms with Crippen molar-refractivity contribution in [3.63, 3.8) is 0 Å². The molecule has 1 saturated carbocycles. The lowest BCUT2D eigenvalue weighted by molar-refractivity contribution is 0.0728. The number of hydrogen-bond donors (Lipinski definition) is 1. The average Bonchev–Trinajstić information content (AvgIpc) is 2.68. The van der Waals surface area contributed by atoms with Crippen molar-refractivity contribution in [3.8, 4) is 0 Å². The third-order valence-electron chi connectivity index (χ3n) is 3.35. The molecule has 0 saturated heterocycles. The summed E-state index contributed by atoms with van der Waals surface area (Å²) < 4.78 is 5.70. The van der Waals surface area contributed by atoms with Crippen LogP contribution in [0.5, 0.6) is 0 Å². The molecule has 0 atom stereocenters. The maximum Gasteiger partial charge on any atom is 0.0891 e. The SMILES string of the molecule is Cc1cccnc1COCC1(N)CCCC1. The summed E-state index contributed by atoms with van der Waals surface area (Å²) in [6.45, 7) is 3.29. The van der Waals surface area contributed by atoms with Crippen LogP contribution in [0.2, 0.25) is 0 Å². The van der Waals surface area contributed by atoms with E-state index < -0.39 is 0 Å². The lowest BCUT2D eigenvalue weighted by Gasteiger charge is -2.23. The molecule has 1 aromatic rings. The Labute approximate surface area is 97.0 Å². The predicted molar refractivity (Wildman–Crippen MR) is 64.0 cm³/mol. The number of ether oxygens (including phenoxy) is 1. The summed E-state index contributed by atoms with van der Waals surface area (Å²) in [6, 6.07) is 4.00. The minimum absolute atomic E-state index is 0.0807. The van der Waals surface area contributed by atoms with Gasteiger partial charge in [0.05, 0.1) is 18.9 Å². The van der Waals surface area contributed by atoms with Gasteiger partial charge in [-0.1, -0.05) is 18.9 Å². The molecular weight excluding hydrogens is 200 g/mol. The molecule has 0 aromatic carbocycles. The van der Waals surface area contributed by atoms with Gasteiger partial charge >= 0.3 is 0 Å². The molecule has 0 spiro atoms. The van der Waals surface area contributed by atoms with Gasteiger partial charge in [0, 0.05) is 11.7 Å². The second kappa shape index (κ2) is 4.93. The molecular formula is C13H20N2O. The number of aromatic nitrogens is 1. The van der Waals surface area contributed by atoms with Crippen LogP contribution in [0.1, 0.15) is 36.9 Å². The molecule has 1 fully saturated rings. The lowest BCUT2D eigenvalue weighted by atomic mass is 10.0. The molecule has 0 unspecified atom stereocenters. The molecule has 3 nitrogen and oxygen atoms in total. The highest BCUT2D eigenvalue weighted by atomic mass is 16.5. The molecule has 16 heavy (non-hydrogen) atoms. The fourth-order valence-corrected chi connectivity index (χ4v) is 2.24. The Morgan fingerprint density at radius 1 is 1.44 bits per heavy atom. The normalized spacial score (nSPS) is 18.9. The molecule has 2 rings (SSSR count). The molecule has 1 aliphatic carbocycles. The lowest BCUT2D eigenvalue weighted by Crippen LogP contribution is -2.41. The maximum atomic E-state index is 6.22. The monoisotopic (exact) mass is 220 g/mol. The molecule has 0 aliphatic heterocycles. The number of hydrogen-bond acceptors (Lipinski definition) is 3. The number of pyridine rings is 1. The van der Waals surface area contributed by atoms with Crippen LogP contribution in [0, 0.1) is 6.92 Å². The van der Waals surface area contributed by atoms with Gasteiger partial charge in [-0.3, -0.25) is 4.98 Å². The van der Waals surface area contributed by atoms with Crippen LogP contribution in [0.25, 0.3) is 0 Å². The van der Waals surface area contributed by atoms with Crippen molar-refractivity contribution in [2.45, 2.75) is 44.8 Å². The number of nitrogens with zero attached hydrogens (tertiary/aromatic N) is 1. The highest BCUT2D eigenvalue weighted by Crippen LogP contribution is 2.27. The van der Waals surface area contributed by atoms with Crippen molar-refractivity contribution in [2.24, 2.45) is 5.73 Å². The molecule has 1 aliphatic rings. The van der Waals surface area contributed by atoms with Gasteiger partial charge in [0.25, 0.3) is 0 Å². The van der Waals surface area contributed by atoms with Gasteiger partial charge in [0.15, 0.2) is 0 Å². The first kappa shape index (κ1) is 11.6. The fourth-order valence-electron chi connectivity index (χ4n) is 2.24. The molecule has 3 heteroatoms. The Morgan fingerprint density at radius 3 is 2.88 bits per heavy atom. The van der Waals surface area contributed by atoms with Crippen LogP contribution in [-0.2, 0) is 11.3 Å². The van der Waals surface area contributed by atoms with Gasteiger partial charge < -0.3 is 10.5 Å². The zero-order valence-electron chi connectivity index (χ0n) is 9.91. The Morgan fingerprint density at radius 2 is 2.19 bits per heavy atom. The molecule has 1 heterocycles. The molecule has 0 amide bonds. The van der Waals surface area contributed by atoms with Crippen molar-refractivity contribution in [3.05, 3.63) is 29.6 Å². The first-order valence-corrected chi connectivity index (χ1v) is 5.97. The van der Waals surface area contributed by atoms with Crippen molar-refractivity contribution in [1.82, 2.24) is 4.98 Å². The summed E-state index contributed by atoms with van der Waals surface area (Å²) in [6.07, 6.45) is 6.47. The van der Waals surface area contributed by atoms with Crippen molar-refractivity contribution in [1.29, 1.82) is 0 Å². The standard InChI is InChI=1S/C13H20N2O/c1-11-5-4-8-15-12(11)9-16-10-13(14)6-2-3-7-13/h4-5,8H,2-3,6-7,9-10,14H2,1H3. The van der Waals surface area contributed by atoms with E-state index in [0.717, 1.165) is 18.5 Å². The highest BCUT2D eigenvalue weighted by Gasteiger charge is 2.29. The Kier molecular flexibility index (Phi) is 3.56. The van der Waals surface area contributed by atoms with Crippen LogP contribution in [-0.4, -0.2) is 17.1 Å². The first-order valence-electron chi connectivity index (χ1n) is 5.97. The summed E-state index contributed by atoms with van der Waals surface area (Å²) in [5, 5.41) is 0. The van der Waals surface area contributed by atoms with Crippen LogP contribution >= 0.6 is 0 Å². The summed E-state index contributed by atoms with van der Waals surface area (Å²) in [4.78, 5) is 4.30. The first-order chi connectivity index (χ1) is 7.70. The minimum atomic E-state index is -0.0807. The second-order valence-electron chi connectivity index (χ2n) is 4.83. The topological polar surface area (TPSA) is 48.1 Å². The molecule has 1 aromatic heterocycles. The van der Waals surface area contributed by atoms with Gasteiger partial charge in [-0.2, -0.15) is 0 Å². The maximum absolute atomic E-state index is 6.22. The van der Waals surface area contributed by atoms with Crippen molar-refractivity contribution in [2.75, 3.05) is 6.61 Å². The second-order valence-corrected chi connectivity index (χ2v) is 4.83. The van der Waals surface area contributed by atoms with E-state index in [9.17, 15) is 0 Å². The van der Waals surface area contributed by atoms with Crippen LogP contribution < -0.4 is 5.73 Å². The smallest absolute Gasteiger partial charge is 0.0891 e. The van der Waals surface area contributed by atoms with E-state index in [1.165, 1.54) is 18.4 Å². The Bertz CT molecular complexity index is 346. The summed E-state index contributed by atoms with van der Waals surface area (Å²) in [5.74, 6) is 0. The van der Waals surface area contributed by atoms with E-state index in [-0.39, 0.29) is 5.54 Å². The largest absolute Gasteiger partial charge is 0.373 e. The van der Waals surface area contributed by atoms with E-state index in [1.54, 1.807) is 6.20 Å². The van der Waals surface area contributed by atoms with Gasteiger partial charge in [-0.25, -0.2) is 0 Å². The van der Waals surface area contributed by atoms with E-state index >= 15 is 0 Å². The van der Waals surface area contributed by atoms with Crippen LogP contribution in [0.15, 0.2) is 18.3 Å². The molecule has 0 radical (unpaired) electrons. The Balaban J connectivity index is 1.82. The fraction of sp³-hybridized carbons (Fsp3) is 0.615. The van der Waals surface area contributed by atoms with E-state index in [0.29, 0.717) is 13.2 Å². The molecule has 88 valence electrons. The molecule has 2 N–H and O–H groups in total. The quantitative estimate of drug-likeness (QED) is 0.846. The third-order valence-corrected chi connectivity index (χ3v) is 3.35. The summed E-state index contributed by atoms with van der Waals surface area (Å²) in [5.41, 5.74) is 8.33. The van der Waals surface area contributed by atoms with Crippen LogP contribution in [0.4, 0.5) is 0 Å². The zero-order valence-corrected chi connectivity index (χ0v) is 9.91. The zero-order chi connectivity index (χ0) is 11.4. The van der Waals surface area contributed by atoms with E-state index in [4.69, 9.17) is 10.5 Å².